The molecule has 0 bridgehead atoms. The Morgan fingerprint density at radius 3 is 2.52 bits per heavy atom. The number of pyridine rings is 2. The number of amides is 1. The molecule has 1 aromatic carbocycles. The molecule has 0 spiro atoms. The Bertz CT molecular complexity index is 1110. The van der Waals surface area contributed by atoms with Gasteiger partial charge in [-0.25, -0.2) is 9.97 Å². The molecule has 4 aromatic rings. The van der Waals surface area contributed by atoms with Gasteiger partial charge in [-0.2, -0.15) is 0 Å². The molecule has 0 fully saturated rings. The number of carbonyl (C=O) groups excluding carboxylic acids is 1. The third kappa shape index (κ3) is 4.35. The Morgan fingerprint density at radius 2 is 1.72 bits per heavy atom. The predicted octanol–water partition coefficient (Wildman–Crippen LogP) is 3.35. The Morgan fingerprint density at radius 1 is 0.966 bits per heavy atom. The highest BCUT2D eigenvalue weighted by Gasteiger charge is 2.11. The molecule has 3 aromatic heterocycles. The molecule has 0 saturated carbocycles. The van der Waals surface area contributed by atoms with Crippen molar-refractivity contribution in [1.29, 1.82) is 0 Å². The number of hydrogen-bond donors (Lipinski definition) is 1. The van der Waals surface area contributed by atoms with Crippen LogP contribution in [-0.4, -0.2) is 39.4 Å². The Labute approximate surface area is 168 Å². The second-order valence-electron chi connectivity index (χ2n) is 6.63. The standard InChI is InChI=1S/C22H20N6O/c1-28(13-9-16-7-11-23-12-8-16)22-25-14-18(15-26-22)21(29)27-19-6-2-4-17-5-3-10-24-20(17)19/h2-8,10-12,14-15H,9,13H2,1H3,(H,27,29). The maximum Gasteiger partial charge on any atom is 0.258 e. The highest BCUT2D eigenvalue weighted by Crippen LogP contribution is 2.21. The second kappa shape index (κ2) is 8.43. The van der Waals surface area contributed by atoms with Crippen molar-refractivity contribution >= 4 is 28.4 Å². The zero-order valence-corrected chi connectivity index (χ0v) is 16.0. The van der Waals surface area contributed by atoms with Crippen LogP contribution in [0.15, 0.2) is 73.4 Å². The van der Waals surface area contributed by atoms with Gasteiger partial charge in [-0.15, -0.1) is 0 Å². The van der Waals surface area contributed by atoms with Gasteiger partial charge in [0.05, 0.1) is 16.8 Å². The normalized spacial score (nSPS) is 10.7. The number of hydrogen-bond acceptors (Lipinski definition) is 6. The minimum atomic E-state index is -0.269. The molecule has 3 heterocycles. The summed E-state index contributed by atoms with van der Waals surface area (Å²) in [5.74, 6) is 0.302. The van der Waals surface area contributed by atoms with Crippen molar-refractivity contribution in [3.8, 4) is 0 Å². The summed E-state index contributed by atoms with van der Waals surface area (Å²) in [5.41, 5.74) is 3.00. The van der Waals surface area contributed by atoms with E-state index in [4.69, 9.17) is 0 Å². The molecule has 0 radical (unpaired) electrons. The first-order valence-corrected chi connectivity index (χ1v) is 9.28. The number of rotatable bonds is 6. The van der Waals surface area contributed by atoms with Gasteiger partial charge >= 0.3 is 0 Å². The highest BCUT2D eigenvalue weighted by atomic mass is 16.1. The lowest BCUT2D eigenvalue weighted by molar-refractivity contribution is 0.102. The first-order valence-electron chi connectivity index (χ1n) is 9.28. The SMILES string of the molecule is CN(CCc1ccncc1)c1ncc(C(=O)Nc2cccc3cccnc23)cn1. The molecule has 0 saturated heterocycles. The maximum absolute atomic E-state index is 12.6. The summed E-state index contributed by atoms with van der Waals surface area (Å²) in [4.78, 5) is 31.6. The average molecular weight is 384 g/mol. The lowest BCUT2D eigenvalue weighted by atomic mass is 10.2. The second-order valence-corrected chi connectivity index (χ2v) is 6.63. The van der Waals surface area contributed by atoms with Crippen molar-refractivity contribution in [2.24, 2.45) is 0 Å². The van der Waals surface area contributed by atoms with Crippen molar-refractivity contribution in [3.63, 3.8) is 0 Å². The topological polar surface area (TPSA) is 83.9 Å². The molecule has 0 aliphatic carbocycles. The summed E-state index contributed by atoms with van der Waals surface area (Å²) in [6, 6.07) is 13.5. The zero-order valence-electron chi connectivity index (χ0n) is 16.0. The first-order chi connectivity index (χ1) is 14.2. The highest BCUT2D eigenvalue weighted by molar-refractivity contribution is 6.08. The fourth-order valence-corrected chi connectivity index (χ4v) is 2.98. The minimum absolute atomic E-state index is 0.269. The number of benzene rings is 1. The summed E-state index contributed by atoms with van der Waals surface area (Å²) < 4.78 is 0. The number of anilines is 2. The fraction of sp³-hybridized carbons (Fsp3) is 0.136. The Hall–Kier alpha value is -3.87. The Balaban J connectivity index is 1.42. The molecular formula is C22H20N6O. The van der Waals surface area contributed by atoms with E-state index in [9.17, 15) is 4.79 Å². The van der Waals surface area contributed by atoms with Crippen LogP contribution < -0.4 is 10.2 Å². The van der Waals surface area contributed by atoms with E-state index in [0.29, 0.717) is 17.2 Å². The molecule has 0 aliphatic heterocycles. The smallest absolute Gasteiger partial charge is 0.258 e. The van der Waals surface area contributed by atoms with E-state index in [-0.39, 0.29) is 5.91 Å². The van der Waals surface area contributed by atoms with Crippen LogP contribution in [0.1, 0.15) is 15.9 Å². The van der Waals surface area contributed by atoms with E-state index in [2.05, 4.69) is 25.3 Å². The fourth-order valence-electron chi connectivity index (χ4n) is 2.98. The van der Waals surface area contributed by atoms with Crippen molar-refractivity contribution < 1.29 is 4.79 Å². The van der Waals surface area contributed by atoms with Gasteiger partial charge in [0, 0.05) is 50.0 Å². The van der Waals surface area contributed by atoms with Crippen LogP contribution in [0, 0.1) is 0 Å². The summed E-state index contributed by atoms with van der Waals surface area (Å²) in [7, 11) is 1.93. The third-order valence-corrected chi connectivity index (χ3v) is 4.61. The lowest BCUT2D eigenvalue weighted by Crippen LogP contribution is -2.23. The van der Waals surface area contributed by atoms with Crippen LogP contribution in [0.2, 0.25) is 0 Å². The molecular weight excluding hydrogens is 364 g/mol. The number of carbonyl (C=O) groups is 1. The molecule has 29 heavy (non-hydrogen) atoms. The molecule has 0 atom stereocenters. The van der Waals surface area contributed by atoms with Crippen LogP contribution in [0.4, 0.5) is 11.6 Å². The van der Waals surface area contributed by atoms with E-state index in [1.54, 1.807) is 31.0 Å². The zero-order chi connectivity index (χ0) is 20.1. The van der Waals surface area contributed by atoms with Crippen LogP contribution >= 0.6 is 0 Å². The molecule has 0 unspecified atom stereocenters. The summed E-state index contributed by atoms with van der Waals surface area (Å²) in [5, 5.41) is 3.86. The third-order valence-electron chi connectivity index (χ3n) is 4.61. The molecule has 7 heteroatoms. The number of nitrogens with one attached hydrogen (secondary N) is 1. The van der Waals surface area contributed by atoms with Gasteiger partial charge in [-0.1, -0.05) is 18.2 Å². The Kier molecular flexibility index (Phi) is 5.38. The van der Waals surface area contributed by atoms with E-state index < -0.39 is 0 Å². The largest absolute Gasteiger partial charge is 0.344 e. The molecule has 4 rings (SSSR count). The summed E-state index contributed by atoms with van der Waals surface area (Å²) in [6.45, 7) is 0.761. The van der Waals surface area contributed by atoms with Gasteiger partial charge < -0.3 is 10.2 Å². The van der Waals surface area contributed by atoms with Crippen LogP contribution in [0.25, 0.3) is 10.9 Å². The maximum atomic E-state index is 12.6. The van der Waals surface area contributed by atoms with Gasteiger partial charge in [0.2, 0.25) is 5.95 Å². The quantitative estimate of drug-likeness (QED) is 0.549. The van der Waals surface area contributed by atoms with Crippen LogP contribution in [-0.2, 0) is 6.42 Å². The van der Waals surface area contributed by atoms with Crippen molar-refractivity contribution in [3.05, 3.63) is 84.6 Å². The molecule has 1 amide bonds. The van der Waals surface area contributed by atoms with Gasteiger partial charge in [-0.3, -0.25) is 14.8 Å². The molecule has 1 N–H and O–H groups in total. The summed E-state index contributed by atoms with van der Waals surface area (Å²) >= 11 is 0. The summed E-state index contributed by atoms with van der Waals surface area (Å²) in [6.07, 6.45) is 9.21. The average Bonchev–Trinajstić information content (AvgIpc) is 2.78. The van der Waals surface area contributed by atoms with E-state index in [1.165, 1.54) is 5.56 Å². The van der Waals surface area contributed by atoms with Crippen LogP contribution in [0.3, 0.4) is 0 Å². The van der Waals surface area contributed by atoms with Gasteiger partial charge in [0.15, 0.2) is 0 Å². The predicted molar refractivity (Wildman–Crippen MR) is 113 cm³/mol. The lowest BCUT2D eigenvalue weighted by Gasteiger charge is -2.17. The van der Waals surface area contributed by atoms with E-state index in [1.807, 2.05) is 54.4 Å². The monoisotopic (exact) mass is 384 g/mol. The van der Waals surface area contributed by atoms with Crippen LogP contribution in [0.5, 0.6) is 0 Å². The van der Waals surface area contributed by atoms with Gasteiger partial charge in [-0.05, 0) is 36.2 Å². The number of likely N-dealkylation sites (N-methyl/N-ethyl adjacent to an activating group) is 1. The van der Waals surface area contributed by atoms with E-state index >= 15 is 0 Å². The molecule has 0 aliphatic rings. The van der Waals surface area contributed by atoms with Crippen molar-refractivity contribution in [1.82, 2.24) is 19.9 Å². The van der Waals surface area contributed by atoms with E-state index in [0.717, 1.165) is 23.9 Å². The molecule has 7 nitrogen and oxygen atoms in total. The van der Waals surface area contributed by atoms with Gasteiger partial charge in [0.25, 0.3) is 5.91 Å². The number of nitrogens with zero attached hydrogens (tertiary/aromatic N) is 5. The number of aromatic nitrogens is 4. The van der Waals surface area contributed by atoms with Crippen molar-refractivity contribution in [2.75, 3.05) is 23.8 Å². The van der Waals surface area contributed by atoms with Crippen molar-refractivity contribution in [2.45, 2.75) is 6.42 Å². The first kappa shape index (κ1) is 18.5. The molecule has 144 valence electrons. The number of fused-ring (bicyclic) bond motifs is 1. The number of para-hydroxylation sites is 1. The minimum Gasteiger partial charge on any atom is -0.344 e. The van der Waals surface area contributed by atoms with Gasteiger partial charge in [0.1, 0.15) is 0 Å².